The van der Waals surface area contributed by atoms with Crippen molar-refractivity contribution in [1.82, 2.24) is 0 Å². The number of rotatable bonds is 6. The zero-order chi connectivity index (χ0) is 19.6. The van der Waals surface area contributed by atoms with E-state index in [1.165, 1.54) is 6.08 Å². The molecule has 0 aliphatic heterocycles. The van der Waals surface area contributed by atoms with Gasteiger partial charge in [0.1, 0.15) is 5.92 Å². The fraction of sp³-hybridized carbons (Fsp3) is 0.650. The number of carbonyl (C=O) groups excluding carboxylic acids is 2. The van der Waals surface area contributed by atoms with Gasteiger partial charge in [0.25, 0.3) is 0 Å². The lowest BCUT2D eigenvalue weighted by molar-refractivity contribution is -0.139. The van der Waals surface area contributed by atoms with Crippen molar-refractivity contribution in [2.24, 2.45) is 17.3 Å². The second-order valence-corrected chi connectivity index (χ2v) is 13.5. The largest absolute Gasteiger partial charge is 0.413 e. The van der Waals surface area contributed by atoms with Crippen molar-refractivity contribution in [3.63, 3.8) is 0 Å². The fourth-order valence-corrected chi connectivity index (χ4v) is 4.44. The lowest BCUT2D eigenvalue weighted by atomic mass is 9.61. The summed E-state index contributed by atoms with van der Waals surface area (Å²) in [7, 11) is -2.11. The maximum atomic E-state index is 12.8. The van der Waals surface area contributed by atoms with Gasteiger partial charge < -0.3 is 4.43 Å². The molecule has 0 saturated heterocycles. The molecule has 1 aliphatic rings. The molecule has 0 aromatic carbocycles. The van der Waals surface area contributed by atoms with Crippen molar-refractivity contribution in [1.29, 1.82) is 5.26 Å². The summed E-state index contributed by atoms with van der Waals surface area (Å²) in [6.45, 7) is 20.0. The Hall–Kier alpha value is -1.51. The summed E-state index contributed by atoms with van der Waals surface area (Å²) in [4.78, 5) is 24.6. The number of allylic oxidation sites excluding steroid dienone is 1. The third-order valence-electron chi connectivity index (χ3n) is 5.99. The summed E-state index contributed by atoms with van der Waals surface area (Å²) in [5, 5.41) is 9.65. The van der Waals surface area contributed by atoms with Gasteiger partial charge >= 0.3 is 0 Å². The molecule has 1 saturated carbocycles. The van der Waals surface area contributed by atoms with Gasteiger partial charge in [-0.3, -0.25) is 9.59 Å². The van der Waals surface area contributed by atoms with Crippen LogP contribution in [0.1, 0.15) is 40.5 Å². The average molecular weight is 362 g/mol. The van der Waals surface area contributed by atoms with Crippen LogP contribution in [0.5, 0.6) is 0 Å². The molecule has 0 heterocycles. The second-order valence-electron chi connectivity index (χ2n) is 8.71. The van der Waals surface area contributed by atoms with Gasteiger partial charge in [-0.15, -0.1) is 6.58 Å². The Bertz CT molecular complexity index is 611. The Morgan fingerprint density at radius 1 is 1.44 bits per heavy atom. The fourth-order valence-electron chi connectivity index (χ4n) is 3.03. The van der Waals surface area contributed by atoms with Crippen molar-refractivity contribution in [2.45, 2.75) is 64.8 Å². The Kier molecular flexibility index (Phi) is 6.36. The molecule has 0 unspecified atom stereocenters. The normalized spacial score (nSPS) is 30.4. The Morgan fingerprint density at radius 3 is 2.40 bits per heavy atom. The standard InChI is InChI=1S/C20H31NO3Si/c1-9-15(22)11-14-12-17(24-25(7,8)19(3,4)5)20(6,10-2)16(13-21)18(14)23/h9-10,14,16-17H,1-2,11-12H2,3-8H3/t14-,16-,17-,20-/m0/s1. The Morgan fingerprint density at radius 2 is 2.00 bits per heavy atom. The summed E-state index contributed by atoms with van der Waals surface area (Å²) < 4.78 is 6.60. The number of Topliss-reactive ketones (excluding diaryl/α,β-unsaturated/α-hetero) is 1. The lowest BCUT2D eigenvalue weighted by Gasteiger charge is -2.49. The van der Waals surface area contributed by atoms with E-state index >= 15 is 0 Å². The molecule has 0 N–H and O–H groups in total. The molecular weight excluding hydrogens is 330 g/mol. The first-order valence-corrected chi connectivity index (χ1v) is 11.6. The van der Waals surface area contributed by atoms with E-state index in [9.17, 15) is 14.9 Å². The monoisotopic (exact) mass is 361 g/mol. The molecule has 0 amide bonds. The molecule has 4 atom stereocenters. The predicted molar refractivity (Wildman–Crippen MR) is 102 cm³/mol. The molecule has 0 spiro atoms. The van der Waals surface area contributed by atoms with Gasteiger partial charge in [-0.05, 0) is 30.6 Å². The summed E-state index contributed by atoms with van der Waals surface area (Å²) in [5.74, 6) is -1.72. The minimum Gasteiger partial charge on any atom is -0.413 e. The van der Waals surface area contributed by atoms with E-state index in [1.54, 1.807) is 6.08 Å². The lowest BCUT2D eigenvalue weighted by Crippen LogP contribution is -2.55. The molecule has 0 radical (unpaired) electrons. The van der Waals surface area contributed by atoms with E-state index in [-0.39, 0.29) is 29.1 Å². The van der Waals surface area contributed by atoms with Crippen LogP contribution in [0, 0.1) is 28.6 Å². The molecule has 4 nitrogen and oxygen atoms in total. The van der Waals surface area contributed by atoms with E-state index in [0.29, 0.717) is 6.42 Å². The van der Waals surface area contributed by atoms with Crippen LogP contribution < -0.4 is 0 Å². The highest BCUT2D eigenvalue weighted by Gasteiger charge is 2.54. The van der Waals surface area contributed by atoms with Crippen LogP contribution in [0.2, 0.25) is 18.1 Å². The summed E-state index contributed by atoms with van der Waals surface area (Å²) in [5.41, 5.74) is -0.755. The summed E-state index contributed by atoms with van der Waals surface area (Å²) >= 11 is 0. The molecule has 138 valence electrons. The minimum absolute atomic E-state index is 0.00507. The number of nitrogens with zero attached hydrogens (tertiary/aromatic N) is 1. The van der Waals surface area contributed by atoms with Crippen LogP contribution in [0.25, 0.3) is 0 Å². The van der Waals surface area contributed by atoms with Gasteiger partial charge in [0, 0.05) is 17.8 Å². The highest BCUT2D eigenvalue weighted by atomic mass is 28.4. The first kappa shape index (κ1) is 21.5. The Labute approximate surface area is 153 Å². The van der Waals surface area contributed by atoms with E-state index in [2.05, 4.69) is 53.1 Å². The topological polar surface area (TPSA) is 67.2 Å². The molecule has 0 aromatic rings. The third kappa shape index (κ3) is 4.19. The first-order valence-electron chi connectivity index (χ1n) is 8.74. The smallest absolute Gasteiger partial charge is 0.192 e. The van der Waals surface area contributed by atoms with Crippen LogP contribution in [-0.4, -0.2) is 26.0 Å². The molecule has 1 fully saturated rings. The molecule has 1 rings (SSSR count). The summed E-state index contributed by atoms with van der Waals surface area (Å²) in [6.07, 6.45) is 3.13. The van der Waals surface area contributed by atoms with Crippen LogP contribution >= 0.6 is 0 Å². The number of hydrogen-bond donors (Lipinski definition) is 0. The van der Waals surface area contributed by atoms with Crippen molar-refractivity contribution < 1.29 is 14.0 Å². The van der Waals surface area contributed by atoms with Gasteiger partial charge in [-0.2, -0.15) is 5.26 Å². The van der Waals surface area contributed by atoms with Crippen molar-refractivity contribution in [3.05, 3.63) is 25.3 Å². The van der Waals surface area contributed by atoms with Crippen molar-refractivity contribution >= 4 is 19.9 Å². The van der Waals surface area contributed by atoms with Gasteiger partial charge in [0.05, 0.1) is 12.2 Å². The predicted octanol–water partition coefficient (Wildman–Crippen LogP) is 4.44. The first-order chi connectivity index (χ1) is 11.3. The van der Waals surface area contributed by atoms with E-state index in [0.717, 1.165) is 0 Å². The molecule has 5 heteroatoms. The second kappa shape index (κ2) is 7.39. The van der Waals surface area contributed by atoms with E-state index < -0.39 is 25.6 Å². The molecule has 0 bridgehead atoms. The maximum absolute atomic E-state index is 12.8. The van der Waals surface area contributed by atoms with Crippen LogP contribution in [-0.2, 0) is 14.0 Å². The van der Waals surface area contributed by atoms with Gasteiger partial charge in [-0.25, -0.2) is 0 Å². The SMILES string of the molecule is C=CC(=O)C[C@H]1C[C@H](O[Si](C)(C)C(C)(C)C)[C@@](C)(C=C)[C@@H](C#N)C1=O. The van der Waals surface area contributed by atoms with Gasteiger partial charge in [0.2, 0.25) is 0 Å². The maximum Gasteiger partial charge on any atom is 0.192 e. The minimum atomic E-state index is -2.11. The highest BCUT2D eigenvalue weighted by molar-refractivity contribution is 6.74. The zero-order valence-corrected chi connectivity index (χ0v) is 17.4. The molecule has 0 aromatic heterocycles. The molecule has 25 heavy (non-hydrogen) atoms. The van der Waals surface area contributed by atoms with Crippen molar-refractivity contribution in [3.8, 4) is 6.07 Å². The highest BCUT2D eigenvalue weighted by Crippen LogP contribution is 2.48. The van der Waals surface area contributed by atoms with Gasteiger partial charge in [-0.1, -0.05) is 40.3 Å². The molecular formula is C20H31NO3Si. The number of ketones is 2. The third-order valence-corrected chi connectivity index (χ3v) is 10.5. The number of nitriles is 1. The average Bonchev–Trinajstić information content (AvgIpc) is 2.51. The van der Waals surface area contributed by atoms with Crippen molar-refractivity contribution in [2.75, 3.05) is 0 Å². The quantitative estimate of drug-likeness (QED) is 0.398. The summed E-state index contributed by atoms with van der Waals surface area (Å²) in [6, 6.07) is 2.15. The van der Waals surface area contributed by atoms with Gasteiger partial charge in [0.15, 0.2) is 19.9 Å². The molecule has 1 aliphatic carbocycles. The number of carbonyl (C=O) groups is 2. The van der Waals surface area contributed by atoms with Crippen LogP contribution in [0.15, 0.2) is 25.3 Å². The number of hydrogen-bond acceptors (Lipinski definition) is 4. The van der Waals surface area contributed by atoms with E-state index in [1.807, 2.05) is 6.92 Å². The van der Waals surface area contributed by atoms with Crippen LogP contribution in [0.3, 0.4) is 0 Å². The van der Waals surface area contributed by atoms with E-state index in [4.69, 9.17) is 4.43 Å². The van der Waals surface area contributed by atoms with Crippen LogP contribution in [0.4, 0.5) is 0 Å². The Balaban J connectivity index is 3.28. The zero-order valence-electron chi connectivity index (χ0n) is 16.4.